The summed E-state index contributed by atoms with van der Waals surface area (Å²) in [6.45, 7) is 4.35. The average Bonchev–Trinajstić information content (AvgIpc) is 2.58. The van der Waals surface area contributed by atoms with Gasteiger partial charge in [0, 0.05) is 17.3 Å². The van der Waals surface area contributed by atoms with Crippen LogP contribution in [0.5, 0.6) is 0 Å². The first-order valence-corrected chi connectivity index (χ1v) is 7.71. The minimum atomic E-state index is 0.412. The van der Waals surface area contributed by atoms with Gasteiger partial charge in [-0.25, -0.2) is 0 Å². The summed E-state index contributed by atoms with van der Waals surface area (Å²) in [7, 11) is 0. The smallest absolute Gasteiger partial charge is 0.0384 e. The second-order valence-electron chi connectivity index (χ2n) is 5.75. The minimum absolute atomic E-state index is 0.412. The Morgan fingerprint density at radius 3 is 1.73 bits per heavy atom. The Kier molecular flexibility index (Phi) is 4.24. The highest BCUT2D eigenvalue weighted by molar-refractivity contribution is 5.60. The van der Waals surface area contributed by atoms with Gasteiger partial charge in [-0.1, -0.05) is 67.1 Å². The van der Waals surface area contributed by atoms with Crippen molar-refractivity contribution in [3.8, 4) is 0 Å². The van der Waals surface area contributed by atoms with Crippen molar-refractivity contribution in [2.45, 2.75) is 19.8 Å². The van der Waals surface area contributed by atoms with Crippen molar-refractivity contribution in [2.24, 2.45) is 0 Å². The Morgan fingerprint density at radius 2 is 1.14 bits per heavy atom. The highest BCUT2D eigenvalue weighted by Gasteiger charge is 2.07. The summed E-state index contributed by atoms with van der Waals surface area (Å²) in [5.74, 6) is 0.412. The third-order valence-electron chi connectivity index (χ3n) is 4.05. The molecule has 1 nitrogen and oxygen atoms in total. The van der Waals surface area contributed by atoms with Gasteiger partial charge in [0.1, 0.15) is 0 Å². The fourth-order valence-corrected chi connectivity index (χ4v) is 2.59. The van der Waals surface area contributed by atoms with Crippen LogP contribution in [0.4, 0.5) is 11.4 Å². The number of hydrogen-bond donors (Lipinski definition) is 1. The van der Waals surface area contributed by atoms with Gasteiger partial charge in [-0.3, -0.25) is 0 Å². The summed E-state index contributed by atoms with van der Waals surface area (Å²) < 4.78 is 0. The standard InChI is InChI=1S/C21H21N/c1-16-8-12-20(13-9-16)22-21-14-10-19(11-15-21)17(2)18-6-4-3-5-7-18/h3-15,17,22H,1-2H3. The van der Waals surface area contributed by atoms with E-state index in [9.17, 15) is 0 Å². The second kappa shape index (κ2) is 6.48. The van der Waals surface area contributed by atoms with E-state index < -0.39 is 0 Å². The number of anilines is 2. The predicted molar refractivity (Wildman–Crippen MR) is 94.9 cm³/mol. The zero-order valence-electron chi connectivity index (χ0n) is 13.1. The Balaban J connectivity index is 1.74. The van der Waals surface area contributed by atoms with Crippen molar-refractivity contribution in [2.75, 3.05) is 5.32 Å². The molecule has 0 radical (unpaired) electrons. The van der Waals surface area contributed by atoms with Crippen molar-refractivity contribution < 1.29 is 0 Å². The molecular formula is C21H21N. The molecule has 3 aromatic rings. The SMILES string of the molecule is Cc1ccc(Nc2ccc(C(C)c3ccccc3)cc2)cc1. The molecule has 0 spiro atoms. The maximum Gasteiger partial charge on any atom is 0.0384 e. The van der Waals surface area contributed by atoms with E-state index in [1.54, 1.807) is 0 Å². The molecule has 110 valence electrons. The molecule has 1 unspecified atom stereocenters. The molecule has 3 rings (SSSR count). The van der Waals surface area contributed by atoms with Crippen LogP contribution >= 0.6 is 0 Å². The van der Waals surface area contributed by atoms with Crippen molar-refractivity contribution in [1.82, 2.24) is 0 Å². The lowest BCUT2D eigenvalue weighted by Crippen LogP contribution is -1.96. The molecular weight excluding hydrogens is 266 g/mol. The minimum Gasteiger partial charge on any atom is -0.356 e. The van der Waals surface area contributed by atoms with Gasteiger partial charge in [-0.2, -0.15) is 0 Å². The first-order valence-electron chi connectivity index (χ1n) is 7.71. The van der Waals surface area contributed by atoms with E-state index in [1.165, 1.54) is 16.7 Å². The molecule has 0 aromatic heterocycles. The molecule has 0 aliphatic heterocycles. The Morgan fingerprint density at radius 1 is 0.636 bits per heavy atom. The molecule has 3 aromatic carbocycles. The van der Waals surface area contributed by atoms with Gasteiger partial charge in [-0.15, -0.1) is 0 Å². The molecule has 0 aliphatic rings. The van der Waals surface area contributed by atoms with E-state index in [4.69, 9.17) is 0 Å². The highest BCUT2D eigenvalue weighted by Crippen LogP contribution is 2.26. The monoisotopic (exact) mass is 287 g/mol. The Hall–Kier alpha value is -2.54. The molecule has 22 heavy (non-hydrogen) atoms. The topological polar surface area (TPSA) is 12.0 Å². The molecule has 0 amide bonds. The van der Waals surface area contributed by atoms with E-state index in [0.717, 1.165) is 11.4 Å². The van der Waals surface area contributed by atoms with Crippen LogP contribution in [0.25, 0.3) is 0 Å². The third-order valence-corrected chi connectivity index (χ3v) is 4.05. The number of benzene rings is 3. The van der Waals surface area contributed by atoms with Crippen molar-refractivity contribution >= 4 is 11.4 Å². The molecule has 1 heteroatoms. The fourth-order valence-electron chi connectivity index (χ4n) is 2.59. The summed E-state index contributed by atoms with van der Waals surface area (Å²) in [6.07, 6.45) is 0. The van der Waals surface area contributed by atoms with Crippen molar-refractivity contribution in [1.29, 1.82) is 0 Å². The quantitative estimate of drug-likeness (QED) is 0.631. The zero-order valence-corrected chi connectivity index (χ0v) is 13.1. The molecule has 0 fully saturated rings. The van der Waals surface area contributed by atoms with Gasteiger partial charge in [0.25, 0.3) is 0 Å². The second-order valence-corrected chi connectivity index (χ2v) is 5.75. The maximum absolute atomic E-state index is 3.44. The van der Waals surface area contributed by atoms with Crippen LogP contribution in [0.1, 0.15) is 29.5 Å². The van der Waals surface area contributed by atoms with E-state index >= 15 is 0 Å². The van der Waals surface area contributed by atoms with Crippen LogP contribution in [-0.2, 0) is 0 Å². The van der Waals surface area contributed by atoms with Crippen LogP contribution < -0.4 is 5.32 Å². The zero-order chi connectivity index (χ0) is 15.4. The lowest BCUT2D eigenvalue weighted by atomic mass is 9.93. The Labute approximate surface area is 132 Å². The summed E-state index contributed by atoms with van der Waals surface area (Å²) in [4.78, 5) is 0. The number of hydrogen-bond acceptors (Lipinski definition) is 1. The van der Waals surface area contributed by atoms with Crippen molar-refractivity contribution in [3.63, 3.8) is 0 Å². The average molecular weight is 287 g/mol. The molecule has 1 N–H and O–H groups in total. The number of aryl methyl sites for hydroxylation is 1. The molecule has 0 heterocycles. The van der Waals surface area contributed by atoms with E-state index in [2.05, 4.69) is 98.0 Å². The van der Waals surface area contributed by atoms with E-state index in [-0.39, 0.29) is 0 Å². The third kappa shape index (κ3) is 3.37. The predicted octanol–water partition coefficient (Wildman–Crippen LogP) is 5.89. The lowest BCUT2D eigenvalue weighted by molar-refractivity contribution is 0.923. The molecule has 0 saturated heterocycles. The first kappa shape index (κ1) is 14.4. The molecule has 1 atom stereocenters. The van der Waals surface area contributed by atoms with Crippen LogP contribution in [0, 0.1) is 6.92 Å². The van der Waals surface area contributed by atoms with Crippen LogP contribution in [0.2, 0.25) is 0 Å². The molecule has 0 saturated carbocycles. The van der Waals surface area contributed by atoms with Gasteiger partial charge in [0.15, 0.2) is 0 Å². The van der Waals surface area contributed by atoms with Gasteiger partial charge in [0.2, 0.25) is 0 Å². The first-order chi connectivity index (χ1) is 10.7. The van der Waals surface area contributed by atoms with E-state index in [0.29, 0.717) is 5.92 Å². The van der Waals surface area contributed by atoms with Crippen LogP contribution in [0.15, 0.2) is 78.9 Å². The summed E-state index contributed by atoms with van der Waals surface area (Å²) in [5.41, 5.74) is 6.20. The summed E-state index contributed by atoms with van der Waals surface area (Å²) >= 11 is 0. The normalized spacial score (nSPS) is 11.9. The van der Waals surface area contributed by atoms with Gasteiger partial charge >= 0.3 is 0 Å². The largest absolute Gasteiger partial charge is 0.356 e. The number of nitrogens with one attached hydrogen (secondary N) is 1. The fraction of sp³-hybridized carbons (Fsp3) is 0.143. The van der Waals surface area contributed by atoms with Gasteiger partial charge in [0.05, 0.1) is 0 Å². The van der Waals surface area contributed by atoms with E-state index in [1.807, 2.05) is 0 Å². The number of rotatable bonds is 4. The lowest BCUT2D eigenvalue weighted by Gasteiger charge is -2.13. The highest BCUT2D eigenvalue weighted by atomic mass is 14.9. The molecule has 0 bridgehead atoms. The summed E-state index contributed by atoms with van der Waals surface area (Å²) in [6, 6.07) is 27.8. The van der Waals surface area contributed by atoms with Crippen molar-refractivity contribution in [3.05, 3.63) is 95.6 Å². The maximum atomic E-state index is 3.44. The van der Waals surface area contributed by atoms with Crippen LogP contribution in [-0.4, -0.2) is 0 Å². The van der Waals surface area contributed by atoms with Gasteiger partial charge in [-0.05, 0) is 42.3 Å². The van der Waals surface area contributed by atoms with Gasteiger partial charge < -0.3 is 5.32 Å². The molecule has 0 aliphatic carbocycles. The summed E-state index contributed by atoms with van der Waals surface area (Å²) in [5, 5.41) is 3.44. The Bertz CT molecular complexity index is 712. The van der Waals surface area contributed by atoms with Crippen LogP contribution in [0.3, 0.4) is 0 Å².